The summed E-state index contributed by atoms with van der Waals surface area (Å²) in [4.78, 5) is 17.8. The minimum absolute atomic E-state index is 0. The molecule has 7 heteroatoms. The van der Waals surface area contributed by atoms with Crippen molar-refractivity contribution in [1.29, 1.82) is 0 Å². The smallest absolute Gasteiger partial charge is 0.243 e. The van der Waals surface area contributed by atoms with Crippen LogP contribution < -0.4 is 10.6 Å². The van der Waals surface area contributed by atoms with E-state index in [2.05, 4.69) is 31.5 Å². The van der Waals surface area contributed by atoms with E-state index in [4.69, 9.17) is 0 Å². The zero-order valence-electron chi connectivity index (χ0n) is 12.1. The van der Waals surface area contributed by atoms with Gasteiger partial charge in [0.05, 0.1) is 11.7 Å². The summed E-state index contributed by atoms with van der Waals surface area (Å²) in [6, 6.07) is 7.96. The minimum atomic E-state index is -0.0784. The Bertz CT molecular complexity index is 653. The quantitative estimate of drug-likeness (QED) is 0.816. The summed E-state index contributed by atoms with van der Waals surface area (Å²) in [6.07, 6.45) is 1.95. The third-order valence-electron chi connectivity index (χ3n) is 3.52. The highest BCUT2D eigenvalue weighted by molar-refractivity contribution is 9.10. The van der Waals surface area contributed by atoms with E-state index in [0.717, 1.165) is 40.0 Å². The van der Waals surface area contributed by atoms with Crippen LogP contribution in [0.5, 0.6) is 0 Å². The van der Waals surface area contributed by atoms with Crippen LogP contribution in [0.3, 0.4) is 0 Å². The Morgan fingerprint density at radius 1 is 1.41 bits per heavy atom. The van der Waals surface area contributed by atoms with Crippen LogP contribution >= 0.6 is 39.7 Å². The fourth-order valence-electron chi connectivity index (χ4n) is 2.43. The number of anilines is 1. The molecule has 22 heavy (non-hydrogen) atoms. The largest absolute Gasteiger partial charge is 0.306 e. The number of thiazole rings is 1. The van der Waals surface area contributed by atoms with E-state index in [1.54, 1.807) is 0 Å². The fraction of sp³-hybridized carbons (Fsp3) is 0.333. The summed E-state index contributed by atoms with van der Waals surface area (Å²) >= 11 is 4.95. The molecule has 1 fully saturated rings. The van der Waals surface area contributed by atoms with Gasteiger partial charge in [-0.1, -0.05) is 28.1 Å². The lowest BCUT2D eigenvalue weighted by Crippen LogP contribution is -2.35. The first kappa shape index (κ1) is 17.4. The number of rotatable bonds is 3. The highest BCUT2D eigenvalue weighted by atomic mass is 79.9. The molecule has 1 atom stereocenters. The number of aryl methyl sites for hydroxylation is 1. The normalized spacial score (nSPS) is 17.1. The number of benzene rings is 1. The van der Waals surface area contributed by atoms with Crippen molar-refractivity contribution in [3.63, 3.8) is 0 Å². The lowest BCUT2D eigenvalue weighted by atomic mass is 10.1. The molecule has 0 spiro atoms. The van der Waals surface area contributed by atoms with Gasteiger partial charge in [0.15, 0.2) is 5.13 Å². The van der Waals surface area contributed by atoms with Gasteiger partial charge in [-0.15, -0.1) is 23.7 Å². The molecule has 0 radical (unpaired) electrons. The molecule has 1 aromatic carbocycles. The van der Waals surface area contributed by atoms with Gasteiger partial charge in [0.2, 0.25) is 5.91 Å². The molecule has 118 valence electrons. The van der Waals surface area contributed by atoms with Crippen molar-refractivity contribution < 1.29 is 4.79 Å². The molecule has 1 aliphatic heterocycles. The lowest BCUT2D eigenvalue weighted by Gasteiger charge is -2.08. The average molecular weight is 403 g/mol. The molecule has 0 saturated carbocycles. The first-order valence-electron chi connectivity index (χ1n) is 6.91. The fourth-order valence-corrected chi connectivity index (χ4v) is 3.53. The minimum Gasteiger partial charge on any atom is -0.306 e. The van der Waals surface area contributed by atoms with Gasteiger partial charge in [0.1, 0.15) is 0 Å². The second kappa shape index (κ2) is 7.55. The monoisotopic (exact) mass is 401 g/mol. The van der Waals surface area contributed by atoms with Gasteiger partial charge in [0.25, 0.3) is 0 Å². The molecular weight excluding hydrogens is 386 g/mol. The maximum absolute atomic E-state index is 12.1. The number of aromatic nitrogens is 1. The van der Waals surface area contributed by atoms with Crippen LogP contribution in [-0.2, 0) is 4.79 Å². The molecule has 2 N–H and O–H groups in total. The Balaban J connectivity index is 0.00000176. The van der Waals surface area contributed by atoms with E-state index in [-0.39, 0.29) is 24.4 Å². The van der Waals surface area contributed by atoms with Crippen molar-refractivity contribution in [2.24, 2.45) is 0 Å². The number of hydrogen-bond donors (Lipinski definition) is 2. The topological polar surface area (TPSA) is 54.0 Å². The van der Waals surface area contributed by atoms with E-state index in [1.165, 1.54) is 11.3 Å². The van der Waals surface area contributed by atoms with E-state index in [9.17, 15) is 4.79 Å². The van der Waals surface area contributed by atoms with E-state index >= 15 is 0 Å². The Labute approximate surface area is 148 Å². The van der Waals surface area contributed by atoms with Crippen LogP contribution in [0, 0.1) is 6.92 Å². The van der Waals surface area contributed by atoms with Crippen molar-refractivity contribution >= 4 is 50.7 Å². The number of hydrogen-bond acceptors (Lipinski definition) is 4. The highest BCUT2D eigenvalue weighted by Gasteiger charge is 2.23. The number of halogens is 2. The Hall–Kier alpha value is -0.950. The summed E-state index contributed by atoms with van der Waals surface area (Å²) in [7, 11) is 0. The van der Waals surface area contributed by atoms with Crippen LogP contribution in [0.4, 0.5) is 5.13 Å². The molecule has 0 aliphatic carbocycles. The van der Waals surface area contributed by atoms with Crippen molar-refractivity contribution in [3.8, 4) is 11.3 Å². The average Bonchev–Trinajstić information content (AvgIpc) is 3.10. The van der Waals surface area contributed by atoms with E-state index < -0.39 is 0 Å². The van der Waals surface area contributed by atoms with Gasteiger partial charge in [-0.05, 0) is 38.4 Å². The summed E-state index contributed by atoms with van der Waals surface area (Å²) in [6.45, 7) is 2.94. The molecule has 2 heterocycles. The van der Waals surface area contributed by atoms with Crippen LogP contribution in [0.2, 0.25) is 0 Å². The zero-order chi connectivity index (χ0) is 14.8. The molecule has 1 aliphatic rings. The third kappa shape index (κ3) is 3.87. The van der Waals surface area contributed by atoms with E-state index in [1.807, 2.05) is 31.2 Å². The van der Waals surface area contributed by atoms with Gasteiger partial charge in [-0.25, -0.2) is 4.98 Å². The second-order valence-electron chi connectivity index (χ2n) is 5.07. The van der Waals surface area contributed by atoms with Crippen molar-refractivity contribution in [2.75, 3.05) is 11.9 Å². The zero-order valence-corrected chi connectivity index (χ0v) is 15.3. The standard InChI is InChI=1S/C15H16BrN3OS.ClH/c1-9-13(10-4-6-11(16)7-5-10)18-15(21-9)19-14(20)12-3-2-8-17-12;/h4-7,12,17H,2-3,8H2,1H3,(H,18,19,20);1H. The van der Waals surface area contributed by atoms with E-state index in [0.29, 0.717) is 5.13 Å². The molecule has 1 aromatic heterocycles. The van der Waals surface area contributed by atoms with Crippen LogP contribution in [-0.4, -0.2) is 23.5 Å². The van der Waals surface area contributed by atoms with Crippen LogP contribution in [0.25, 0.3) is 11.3 Å². The number of nitrogens with one attached hydrogen (secondary N) is 2. The molecule has 4 nitrogen and oxygen atoms in total. The number of carbonyl (C=O) groups excluding carboxylic acids is 1. The molecule has 3 rings (SSSR count). The summed E-state index contributed by atoms with van der Waals surface area (Å²) in [5.74, 6) is 0.0172. The highest BCUT2D eigenvalue weighted by Crippen LogP contribution is 2.31. The summed E-state index contributed by atoms with van der Waals surface area (Å²) < 4.78 is 1.04. The molecular formula is C15H17BrClN3OS. The van der Waals surface area contributed by atoms with Crippen molar-refractivity contribution in [1.82, 2.24) is 10.3 Å². The Kier molecular flexibility index (Phi) is 5.97. The maximum atomic E-state index is 12.1. The molecule has 1 saturated heterocycles. The first-order chi connectivity index (χ1) is 10.1. The van der Waals surface area contributed by atoms with Crippen molar-refractivity contribution in [2.45, 2.75) is 25.8 Å². The molecule has 1 amide bonds. The lowest BCUT2D eigenvalue weighted by molar-refractivity contribution is -0.117. The van der Waals surface area contributed by atoms with Gasteiger partial charge < -0.3 is 10.6 Å². The summed E-state index contributed by atoms with van der Waals surface area (Å²) in [5, 5.41) is 6.79. The molecule has 0 bridgehead atoms. The second-order valence-corrected chi connectivity index (χ2v) is 7.19. The summed E-state index contributed by atoms with van der Waals surface area (Å²) in [5.41, 5.74) is 1.99. The van der Waals surface area contributed by atoms with Gasteiger partial charge in [0, 0.05) is 14.9 Å². The SMILES string of the molecule is Cc1sc(NC(=O)C2CCCN2)nc1-c1ccc(Br)cc1.Cl. The van der Waals surface area contributed by atoms with Crippen LogP contribution in [0.1, 0.15) is 17.7 Å². The number of carbonyl (C=O) groups is 1. The van der Waals surface area contributed by atoms with Gasteiger partial charge in [-0.2, -0.15) is 0 Å². The van der Waals surface area contributed by atoms with Crippen LogP contribution in [0.15, 0.2) is 28.7 Å². The first-order valence-corrected chi connectivity index (χ1v) is 8.52. The van der Waals surface area contributed by atoms with Gasteiger partial charge >= 0.3 is 0 Å². The predicted molar refractivity (Wildman–Crippen MR) is 96.9 cm³/mol. The van der Waals surface area contributed by atoms with Crippen molar-refractivity contribution in [3.05, 3.63) is 33.6 Å². The number of amides is 1. The maximum Gasteiger partial charge on any atom is 0.243 e. The molecule has 1 unspecified atom stereocenters. The Morgan fingerprint density at radius 2 is 2.14 bits per heavy atom. The number of nitrogens with zero attached hydrogens (tertiary/aromatic N) is 1. The predicted octanol–water partition coefficient (Wildman–Crippen LogP) is 3.99. The van der Waals surface area contributed by atoms with Gasteiger partial charge in [-0.3, -0.25) is 4.79 Å². The third-order valence-corrected chi connectivity index (χ3v) is 4.94. The molecule has 2 aromatic rings. The Morgan fingerprint density at radius 3 is 2.77 bits per heavy atom.